The number of rotatable bonds is 1. The highest BCUT2D eigenvalue weighted by atomic mass is 16.3. The van der Waals surface area contributed by atoms with Crippen molar-refractivity contribution in [1.82, 2.24) is 9.78 Å². The molecular weight excluding hydrogens is 188 g/mol. The molecule has 0 saturated heterocycles. The van der Waals surface area contributed by atoms with Crippen molar-refractivity contribution in [3.05, 3.63) is 41.2 Å². The summed E-state index contributed by atoms with van der Waals surface area (Å²) in [6.45, 7) is 5.95. The van der Waals surface area contributed by atoms with Crippen LogP contribution in [0.3, 0.4) is 0 Å². The molecule has 1 N–H and O–H groups in total. The van der Waals surface area contributed by atoms with Crippen molar-refractivity contribution in [3.8, 4) is 11.4 Å². The summed E-state index contributed by atoms with van der Waals surface area (Å²) in [6.07, 6.45) is 3.80. The monoisotopic (exact) mass is 202 g/mol. The van der Waals surface area contributed by atoms with E-state index in [1.54, 1.807) is 12.1 Å². The Kier molecular flexibility index (Phi) is 2.23. The Morgan fingerprint density at radius 3 is 2.20 bits per heavy atom. The molecule has 0 aliphatic carbocycles. The summed E-state index contributed by atoms with van der Waals surface area (Å²) in [5, 5.41) is 13.7. The maximum Gasteiger partial charge on any atom is 0.116 e. The normalized spacial score (nSPS) is 10.6. The lowest BCUT2D eigenvalue weighted by Crippen LogP contribution is -2.00. The van der Waals surface area contributed by atoms with E-state index in [0.29, 0.717) is 5.75 Å². The van der Waals surface area contributed by atoms with E-state index in [2.05, 4.69) is 5.10 Å². The average Bonchev–Trinajstić information content (AvgIpc) is 2.49. The maximum atomic E-state index is 9.44. The molecule has 3 nitrogen and oxygen atoms in total. The third-order valence-corrected chi connectivity index (χ3v) is 2.42. The Bertz CT molecular complexity index is 477. The topological polar surface area (TPSA) is 38.0 Å². The molecule has 15 heavy (non-hydrogen) atoms. The van der Waals surface area contributed by atoms with Gasteiger partial charge in [-0.2, -0.15) is 5.10 Å². The van der Waals surface area contributed by atoms with Crippen LogP contribution in [-0.4, -0.2) is 14.9 Å². The zero-order chi connectivity index (χ0) is 11.0. The molecule has 0 atom stereocenters. The van der Waals surface area contributed by atoms with Gasteiger partial charge in [0.1, 0.15) is 5.75 Å². The van der Waals surface area contributed by atoms with Crippen LogP contribution < -0.4 is 0 Å². The summed E-state index contributed by atoms with van der Waals surface area (Å²) in [5.41, 5.74) is 4.22. The van der Waals surface area contributed by atoms with Gasteiger partial charge in [0.25, 0.3) is 0 Å². The van der Waals surface area contributed by atoms with Crippen LogP contribution in [0.15, 0.2) is 24.5 Å². The summed E-state index contributed by atoms with van der Waals surface area (Å²) in [6, 6.07) is 3.50. The fraction of sp³-hybridized carbons (Fsp3) is 0.250. The number of aromatic hydroxyl groups is 1. The average molecular weight is 202 g/mol. The lowest BCUT2D eigenvalue weighted by Gasteiger charge is -2.10. The molecule has 0 bridgehead atoms. The minimum atomic E-state index is 0.303. The number of benzene rings is 1. The first kappa shape index (κ1) is 9.77. The molecule has 1 aromatic heterocycles. The summed E-state index contributed by atoms with van der Waals surface area (Å²) in [4.78, 5) is 0. The van der Waals surface area contributed by atoms with E-state index >= 15 is 0 Å². The van der Waals surface area contributed by atoms with E-state index in [4.69, 9.17) is 0 Å². The quantitative estimate of drug-likeness (QED) is 0.771. The zero-order valence-electron chi connectivity index (χ0n) is 9.15. The molecule has 0 aliphatic rings. The molecule has 78 valence electrons. The van der Waals surface area contributed by atoms with Gasteiger partial charge in [0.05, 0.1) is 11.9 Å². The van der Waals surface area contributed by atoms with Crippen molar-refractivity contribution in [2.45, 2.75) is 20.8 Å². The van der Waals surface area contributed by atoms with Crippen LogP contribution in [0.4, 0.5) is 0 Å². The largest absolute Gasteiger partial charge is 0.508 e. The van der Waals surface area contributed by atoms with E-state index in [9.17, 15) is 5.11 Å². The first-order valence-corrected chi connectivity index (χ1v) is 4.90. The Labute approximate surface area is 89.0 Å². The van der Waals surface area contributed by atoms with Crippen LogP contribution in [0.5, 0.6) is 5.75 Å². The minimum Gasteiger partial charge on any atom is -0.508 e. The van der Waals surface area contributed by atoms with Gasteiger partial charge >= 0.3 is 0 Å². The van der Waals surface area contributed by atoms with Gasteiger partial charge in [0.2, 0.25) is 0 Å². The number of aromatic nitrogens is 2. The van der Waals surface area contributed by atoms with Crippen LogP contribution in [0, 0.1) is 20.8 Å². The van der Waals surface area contributed by atoms with E-state index < -0.39 is 0 Å². The fourth-order valence-corrected chi connectivity index (χ4v) is 1.83. The van der Waals surface area contributed by atoms with Crippen molar-refractivity contribution < 1.29 is 5.11 Å². The number of phenolic OH excluding ortho intramolecular Hbond substituents is 1. The highest BCUT2D eigenvalue weighted by Gasteiger charge is 2.07. The Morgan fingerprint density at radius 2 is 1.73 bits per heavy atom. The van der Waals surface area contributed by atoms with Gasteiger partial charge in [-0.05, 0) is 49.6 Å². The first-order chi connectivity index (χ1) is 7.08. The Balaban J connectivity index is 2.62. The minimum absolute atomic E-state index is 0.303. The number of aryl methyl sites for hydroxylation is 3. The fourth-order valence-electron chi connectivity index (χ4n) is 1.83. The van der Waals surface area contributed by atoms with Gasteiger partial charge in [-0.25, -0.2) is 4.68 Å². The highest BCUT2D eigenvalue weighted by Crippen LogP contribution is 2.23. The molecule has 0 fully saturated rings. The standard InChI is InChI=1S/C12H14N2O/c1-8-6-13-14(7-8)12-9(2)4-11(15)5-10(12)3/h4-7,15H,1-3H3. The van der Waals surface area contributed by atoms with E-state index in [0.717, 1.165) is 22.4 Å². The van der Waals surface area contributed by atoms with Gasteiger partial charge in [-0.3, -0.25) is 0 Å². The van der Waals surface area contributed by atoms with Gasteiger partial charge < -0.3 is 5.11 Å². The first-order valence-electron chi connectivity index (χ1n) is 4.90. The molecule has 0 saturated carbocycles. The van der Waals surface area contributed by atoms with Crippen LogP contribution >= 0.6 is 0 Å². The van der Waals surface area contributed by atoms with Crippen LogP contribution in [0.25, 0.3) is 5.69 Å². The molecule has 2 rings (SSSR count). The summed E-state index contributed by atoms with van der Waals surface area (Å²) >= 11 is 0. The molecule has 0 aliphatic heterocycles. The van der Waals surface area contributed by atoms with Crippen LogP contribution in [0.2, 0.25) is 0 Å². The van der Waals surface area contributed by atoms with Crippen molar-refractivity contribution in [1.29, 1.82) is 0 Å². The van der Waals surface area contributed by atoms with Gasteiger partial charge in [0.15, 0.2) is 0 Å². The molecule has 1 heterocycles. The predicted octanol–water partition coefficient (Wildman–Crippen LogP) is 2.50. The predicted molar refractivity (Wildman–Crippen MR) is 59.4 cm³/mol. The number of nitrogens with zero attached hydrogens (tertiary/aromatic N) is 2. The Hall–Kier alpha value is -1.77. The molecule has 1 aromatic carbocycles. The Morgan fingerprint density at radius 1 is 1.13 bits per heavy atom. The van der Waals surface area contributed by atoms with E-state index in [-0.39, 0.29) is 0 Å². The molecular formula is C12H14N2O. The SMILES string of the molecule is Cc1cnn(-c2c(C)cc(O)cc2C)c1. The van der Waals surface area contributed by atoms with Crippen LogP contribution in [0.1, 0.15) is 16.7 Å². The third-order valence-electron chi connectivity index (χ3n) is 2.42. The molecule has 0 spiro atoms. The van der Waals surface area contributed by atoms with Gasteiger partial charge in [-0.1, -0.05) is 0 Å². The third kappa shape index (κ3) is 1.73. The van der Waals surface area contributed by atoms with Crippen molar-refractivity contribution >= 4 is 0 Å². The van der Waals surface area contributed by atoms with Crippen molar-refractivity contribution in [3.63, 3.8) is 0 Å². The van der Waals surface area contributed by atoms with Crippen LogP contribution in [-0.2, 0) is 0 Å². The molecule has 3 heteroatoms. The summed E-state index contributed by atoms with van der Waals surface area (Å²) in [7, 11) is 0. The second kappa shape index (κ2) is 3.42. The molecule has 0 amide bonds. The molecule has 0 radical (unpaired) electrons. The summed E-state index contributed by atoms with van der Waals surface area (Å²) in [5.74, 6) is 0.303. The van der Waals surface area contributed by atoms with Gasteiger partial charge in [0, 0.05) is 6.20 Å². The maximum absolute atomic E-state index is 9.44. The summed E-state index contributed by atoms with van der Waals surface area (Å²) < 4.78 is 1.85. The van der Waals surface area contributed by atoms with Crippen molar-refractivity contribution in [2.75, 3.05) is 0 Å². The van der Waals surface area contributed by atoms with Crippen molar-refractivity contribution in [2.24, 2.45) is 0 Å². The number of phenols is 1. The second-order valence-corrected chi connectivity index (χ2v) is 3.89. The molecule has 2 aromatic rings. The van der Waals surface area contributed by atoms with Gasteiger partial charge in [-0.15, -0.1) is 0 Å². The second-order valence-electron chi connectivity index (χ2n) is 3.89. The zero-order valence-corrected chi connectivity index (χ0v) is 9.15. The highest BCUT2D eigenvalue weighted by molar-refractivity contribution is 5.50. The lowest BCUT2D eigenvalue weighted by atomic mass is 10.1. The van der Waals surface area contributed by atoms with E-state index in [1.165, 1.54) is 0 Å². The number of hydrogen-bond acceptors (Lipinski definition) is 2. The molecule has 0 unspecified atom stereocenters. The lowest BCUT2D eigenvalue weighted by molar-refractivity contribution is 0.474. The van der Waals surface area contributed by atoms with E-state index in [1.807, 2.05) is 37.8 Å². The number of hydrogen-bond donors (Lipinski definition) is 1. The smallest absolute Gasteiger partial charge is 0.116 e.